The van der Waals surface area contributed by atoms with E-state index in [4.69, 9.17) is 16.0 Å². The number of aliphatic hydroxyl groups is 1. The minimum Gasteiger partial charge on any atom is -0.510 e. The van der Waals surface area contributed by atoms with Gasteiger partial charge in [0, 0.05) is 10.6 Å². The zero-order valence-corrected chi connectivity index (χ0v) is 16.7. The third-order valence-corrected chi connectivity index (χ3v) is 5.35. The fourth-order valence-corrected chi connectivity index (χ4v) is 3.55. The van der Waals surface area contributed by atoms with Crippen LogP contribution in [0.2, 0.25) is 5.02 Å². The molecule has 0 aliphatic heterocycles. The van der Waals surface area contributed by atoms with Crippen LogP contribution < -0.4 is 0 Å². The van der Waals surface area contributed by atoms with Crippen LogP contribution in [-0.2, 0) is 0 Å². The molecule has 0 bridgehead atoms. The summed E-state index contributed by atoms with van der Waals surface area (Å²) in [4.78, 5) is 7.43. The Kier molecular flexibility index (Phi) is 5.25. The molecule has 0 saturated carbocycles. The first-order valence-corrected chi connectivity index (χ1v) is 9.85. The number of imidazole rings is 1. The Hall–Kier alpha value is -3.28. The molecule has 1 unspecified atom stereocenters. The molecule has 0 aliphatic carbocycles. The number of halogens is 1. The summed E-state index contributed by atoms with van der Waals surface area (Å²) in [6.07, 6.45) is 0. The SMILES string of the molecule is CC(Sc1nnc(-c2ccc(Cl)cc2)o1)/C(O)=C(\C#N)c1nc2ccccc2[nH]1. The number of nitrogens with zero attached hydrogens (tertiary/aromatic N) is 4. The van der Waals surface area contributed by atoms with E-state index in [0.717, 1.165) is 22.8 Å². The van der Waals surface area contributed by atoms with Crippen LogP contribution in [0.15, 0.2) is 63.9 Å². The van der Waals surface area contributed by atoms with Crippen molar-refractivity contribution >= 4 is 40.0 Å². The Morgan fingerprint density at radius 2 is 1.97 bits per heavy atom. The highest BCUT2D eigenvalue weighted by Gasteiger charge is 2.21. The van der Waals surface area contributed by atoms with Gasteiger partial charge >= 0.3 is 0 Å². The van der Waals surface area contributed by atoms with E-state index >= 15 is 0 Å². The van der Waals surface area contributed by atoms with Crippen molar-refractivity contribution in [3.05, 3.63) is 65.1 Å². The zero-order valence-electron chi connectivity index (χ0n) is 15.1. The minimum absolute atomic E-state index is 0.0682. The molecule has 2 aromatic heterocycles. The number of hydrogen-bond acceptors (Lipinski definition) is 7. The van der Waals surface area contributed by atoms with Crippen molar-refractivity contribution in [2.75, 3.05) is 0 Å². The summed E-state index contributed by atoms with van der Waals surface area (Å²) in [5.41, 5.74) is 2.31. The Balaban J connectivity index is 1.57. The molecule has 0 radical (unpaired) electrons. The summed E-state index contributed by atoms with van der Waals surface area (Å²) in [6, 6.07) is 16.5. The van der Waals surface area contributed by atoms with E-state index in [-0.39, 0.29) is 16.6 Å². The number of aromatic amines is 1. The van der Waals surface area contributed by atoms with Crippen molar-refractivity contribution in [1.29, 1.82) is 5.26 Å². The van der Waals surface area contributed by atoms with Gasteiger partial charge in [0.15, 0.2) is 5.82 Å². The summed E-state index contributed by atoms with van der Waals surface area (Å²) in [5, 5.41) is 28.6. The number of fused-ring (bicyclic) bond motifs is 1. The van der Waals surface area contributed by atoms with Gasteiger partial charge in [-0.15, -0.1) is 10.2 Å². The Morgan fingerprint density at radius 3 is 2.69 bits per heavy atom. The van der Waals surface area contributed by atoms with Gasteiger partial charge < -0.3 is 14.5 Å². The lowest BCUT2D eigenvalue weighted by Crippen LogP contribution is -2.04. The molecule has 4 rings (SSSR count). The second-order valence-electron chi connectivity index (χ2n) is 6.11. The fraction of sp³-hybridized carbons (Fsp3) is 0.100. The van der Waals surface area contributed by atoms with Crippen molar-refractivity contribution in [2.45, 2.75) is 17.4 Å². The molecule has 2 aromatic carbocycles. The van der Waals surface area contributed by atoms with Gasteiger partial charge in [0.1, 0.15) is 17.4 Å². The molecule has 0 fully saturated rings. The number of nitrogens with one attached hydrogen (secondary N) is 1. The van der Waals surface area contributed by atoms with E-state index in [9.17, 15) is 10.4 Å². The van der Waals surface area contributed by atoms with E-state index in [1.54, 1.807) is 31.2 Å². The van der Waals surface area contributed by atoms with Gasteiger partial charge in [0.05, 0.1) is 16.3 Å². The Morgan fingerprint density at radius 1 is 1.21 bits per heavy atom. The molecular formula is C20H14ClN5O2S. The highest BCUT2D eigenvalue weighted by molar-refractivity contribution is 7.99. The molecule has 2 N–H and O–H groups in total. The maximum atomic E-state index is 10.6. The van der Waals surface area contributed by atoms with Crippen molar-refractivity contribution in [3.8, 4) is 17.5 Å². The number of H-pyrrole nitrogens is 1. The molecule has 7 nitrogen and oxygen atoms in total. The van der Waals surface area contributed by atoms with E-state index in [2.05, 4.69) is 20.2 Å². The lowest BCUT2D eigenvalue weighted by molar-refractivity contribution is 0.399. The van der Waals surface area contributed by atoms with E-state index < -0.39 is 5.25 Å². The molecule has 144 valence electrons. The van der Waals surface area contributed by atoms with Crippen molar-refractivity contribution in [1.82, 2.24) is 20.2 Å². The van der Waals surface area contributed by atoms with Crippen LogP contribution in [-0.4, -0.2) is 30.5 Å². The van der Waals surface area contributed by atoms with Crippen LogP contribution in [0.5, 0.6) is 0 Å². The van der Waals surface area contributed by atoms with Gasteiger partial charge in [-0.05, 0) is 43.3 Å². The molecular weight excluding hydrogens is 410 g/mol. The average Bonchev–Trinajstić information content (AvgIpc) is 3.36. The molecule has 29 heavy (non-hydrogen) atoms. The topological polar surface area (TPSA) is 112 Å². The first-order valence-electron chi connectivity index (χ1n) is 8.59. The van der Waals surface area contributed by atoms with Crippen LogP contribution in [0.4, 0.5) is 0 Å². The number of allylic oxidation sites excluding steroid dienone is 1. The van der Waals surface area contributed by atoms with E-state index in [0.29, 0.717) is 22.3 Å². The smallest absolute Gasteiger partial charge is 0.277 e. The maximum Gasteiger partial charge on any atom is 0.277 e. The number of nitriles is 1. The highest BCUT2D eigenvalue weighted by Crippen LogP contribution is 2.31. The molecule has 1 atom stereocenters. The van der Waals surface area contributed by atoms with Gasteiger partial charge in [-0.2, -0.15) is 5.26 Å². The average molecular weight is 424 g/mol. The fourth-order valence-electron chi connectivity index (χ4n) is 2.68. The zero-order chi connectivity index (χ0) is 20.4. The number of thioether (sulfide) groups is 1. The molecule has 0 amide bonds. The summed E-state index contributed by atoms with van der Waals surface area (Å²) in [6.45, 7) is 1.74. The van der Waals surface area contributed by atoms with Gasteiger partial charge in [-0.3, -0.25) is 0 Å². The second kappa shape index (κ2) is 7.99. The third-order valence-electron chi connectivity index (χ3n) is 4.15. The summed E-state index contributed by atoms with van der Waals surface area (Å²) in [7, 11) is 0. The van der Waals surface area contributed by atoms with Crippen molar-refractivity contribution in [3.63, 3.8) is 0 Å². The van der Waals surface area contributed by atoms with E-state index in [1.807, 2.05) is 30.3 Å². The number of rotatable bonds is 5. The van der Waals surface area contributed by atoms with E-state index in [1.165, 1.54) is 0 Å². The predicted molar refractivity (Wildman–Crippen MR) is 111 cm³/mol. The first-order chi connectivity index (χ1) is 14.0. The second-order valence-corrected chi connectivity index (χ2v) is 7.84. The Labute approximate surface area is 175 Å². The van der Waals surface area contributed by atoms with Crippen molar-refractivity contribution in [2.24, 2.45) is 0 Å². The summed E-state index contributed by atoms with van der Waals surface area (Å²) in [5.74, 6) is 0.534. The van der Waals surface area contributed by atoms with Gasteiger partial charge in [0.2, 0.25) is 5.89 Å². The lowest BCUT2D eigenvalue weighted by Gasteiger charge is -2.08. The summed E-state index contributed by atoms with van der Waals surface area (Å²) < 4.78 is 5.66. The molecule has 2 heterocycles. The van der Waals surface area contributed by atoms with Crippen LogP contribution in [0.1, 0.15) is 12.7 Å². The number of hydrogen-bond donors (Lipinski definition) is 2. The van der Waals surface area contributed by atoms with Crippen LogP contribution in [0.25, 0.3) is 28.1 Å². The number of benzene rings is 2. The molecule has 0 saturated heterocycles. The first kappa shape index (κ1) is 19.1. The maximum absolute atomic E-state index is 10.6. The summed E-state index contributed by atoms with van der Waals surface area (Å²) >= 11 is 7.04. The number of para-hydroxylation sites is 2. The molecule has 4 aromatic rings. The minimum atomic E-state index is -0.503. The van der Waals surface area contributed by atoms with Gasteiger partial charge in [-0.25, -0.2) is 4.98 Å². The van der Waals surface area contributed by atoms with Crippen molar-refractivity contribution < 1.29 is 9.52 Å². The van der Waals surface area contributed by atoms with Crippen LogP contribution in [0.3, 0.4) is 0 Å². The van der Waals surface area contributed by atoms with Gasteiger partial charge in [-0.1, -0.05) is 35.5 Å². The largest absolute Gasteiger partial charge is 0.510 e. The molecule has 0 spiro atoms. The monoisotopic (exact) mass is 423 g/mol. The number of aliphatic hydroxyl groups excluding tert-OH is 1. The highest BCUT2D eigenvalue weighted by atomic mass is 35.5. The quantitative estimate of drug-likeness (QED) is 0.256. The van der Waals surface area contributed by atoms with Gasteiger partial charge in [0.25, 0.3) is 5.22 Å². The lowest BCUT2D eigenvalue weighted by atomic mass is 10.2. The third kappa shape index (κ3) is 3.97. The standard InChI is InChI=1S/C20H14ClN5O2S/c1-11(29-20-26-25-19(28-20)12-6-8-13(21)9-7-12)17(27)14(10-22)18-23-15-4-2-3-5-16(15)24-18/h2-9,11,27H,1H3,(H,23,24)/b17-14-. The van der Waals surface area contributed by atoms with Crippen LogP contribution >= 0.6 is 23.4 Å². The van der Waals surface area contributed by atoms with Crippen LogP contribution in [0, 0.1) is 11.3 Å². The number of aromatic nitrogens is 4. The predicted octanol–water partition coefficient (Wildman–Crippen LogP) is 5.24. The normalized spacial score (nSPS) is 13.1. The molecule has 0 aliphatic rings. The Bertz CT molecular complexity index is 1210. The molecule has 9 heteroatoms.